The fourth-order valence-corrected chi connectivity index (χ4v) is 1.51. The van der Waals surface area contributed by atoms with E-state index in [-0.39, 0.29) is 11.4 Å². The molecule has 0 radical (unpaired) electrons. The van der Waals surface area contributed by atoms with Crippen LogP contribution in [-0.4, -0.2) is 36.1 Å². The van der Waals surface area contributed by atoms with E-state index in [1.54, 1.807) is 0 Å². The molecule has 19 heavy (non-hydrogen) atoms. The monoisotopic (exact) mass is 274 g/mol. The van der Waals surface area contributed by atoms with Gasteiger partial charge in [0.1, 0.15) is 5.75 Å². The van der Waals surface area contributed by atoms with Crippen LogP contribution < -0.4 is 4.74 Å². The van der Waals surface area contributed by atoms with Gasteiger partial charge in [-0.3, -0.25) is 5.10 Å². The maximum absolute atomic E-state index is 12.0. The first kappa shape index (κ1) is 13.2. The Kier molecular flexibility index (Phi) is 3.32. The largest absolute Gasteiger partial charge is 0.484 e. The number of carbonyl (C=O) groups excluding carboxylic acids is 1. The van der Waals surface area contributed by atoms with Gasteiger partial charge in [0.25, 0.3) is 0 Å². The van der Waals surface area contributed by atoms with E-state index in [0.717, 1.165) is 0 Å². The molecule has 0 aliphatic carbocycles. The number of hydrogen-bond donors (Lipinski definition) is 1. The number of H-pyrrole nitrogens is 1. The quantitative estimate of drug-likeness (QED) is 0.872. The van der Waals surface area contributed by atoms with E-state index in [1.807, 2.05) is 0 Å². The van der Waals surface area contributed by atoms with Crippen LogP contribution in [0, 0.1) is 0 Å². The molecule has 1 heterocycles. The number of rotatable bonds is 3. The van der Waals surface area contributed by atoms with E-state index in [2.05, 4.69) is 19.7 Å². The van der Waals surface area contributed by atoms with Crippen molar-refractivity contribution in [3.63, 3.8) is 0 Å². The number of nitrogens with one attached hydrogen (secondary N) is 1. The molecule has 2 aromatic rings. The molecule has 0 aliphatic heterocycles. The van der Waals surface area contributed by atoms with Gasteiger partial charge in [-0.2, -0.15) is 18.3 Å². The molecule has 5 nitrogen and oxygen atoms in total. The standard InChI is InChI=1S/C11H9F3N2O3/c1-18-10(17)9-7-3-2-6(4-8(7)15-16-9)19-5-11(12,13)14/h2-4H,5H2,1H3,(H,15,16). The third-order valence-corrected chi connectivity index (χ3v) is 2.32. The summed E-state index contributed by atoms with van der Waals surface area (Å²) in [5, 5.41) is 6.72. The Morgan fingerprint density at radius 3 is 2.79 bits per heavy atom. The average molecular weight is 274 g/mol. The Balaban J connectivity index is 2.25. The number of ether oxygens (including phenoxy) is 2. The number of nitrogens with zero attached hydrogens (tertiary/aromatic N) is 1. The Morgan fingerprint density at radius 2 is 2.16 bits per heavy atom. The summed E-state index contributed by atoms with van der Waals surface area (Å²) in [4.78, 5) is 11.3. The molecule has 8 heteroatoms. The van der Waals surface area contributed by atoms with Gasteiger partial charge in [0, 0.05) is 11.5 Å². The summed E-state index contributed by atoms with van der Waals surface area (Å²) < 4.78 is 45.1. The zero-order valence-electron chi connectivity index (χ0n) is 9.75. The van der Waals surface area contributed by atoms with E-state index in [1.165, 1.54) is 25.3 Å². The second kappa shape index (κ2) is 4.79. The Hall–Kier alpha value is -2.25. The highest BCUT2D eigenvalue weighted by molar-refractivity contribution is 6.02. The van der Waals surface area contributed by atoms with Gasteiger partial charge in [0.05, 0.1) is 12.6 Å². The van der Waals surface area contributed by atoms with E-state index in [9.17, 15) is 18.0 Å². The number of hydrogen-bond acceptors (Lipinski definition) is 4. The number of aromatic nitrogens is 2. The van der Waals surface area contributed by atoms with Crippen molar-refractivity contribution in [2.24, 2.45) is 0 Å². The summed E-state index contributed by atoms with van der Waals surface area (Å²) in [5.41, 5.74) is 0.458. The summed E-state index contributed by atoms with van der Waals surface area (Å²) in [6, 6.07) is 4.10. The third-order valence-electron chi connectivity index (χ3n) is 2.32. The molecule has 0 bridgehead atoms. The normalized spacial score (nSPS) is 11.6. The van der Waals surface area contributed by atoms with Crippen LogP contribution in [0.4, 0.5) is 13.2 Å². The highest BCUT2D eigenvalue weighted by Crippen LogP contribution is 2.24. The molecule has 0 aliphatic rings. The van der Waals surface area contributed by atoms with Gasteiger partial charge in [-0.05, 0) is 12.1 Å². The Bertz CT molecular complexity index is 607. The fraction of sp³-hybridized carbons (Fsp3) is 0.273. The smallest absolute Gasteiger partial charge is 0.422 e. The van der Waals surface area contributed by atoms with Crippen LogP contribution >= 0.6 is 0 Å². The molecule has 2 rings (SSSR count). The van der Waals surface area contributed by atoms with Crippen LogP contribution in [0.25, 0.3) is 10.9 Å². The summed E-state index contributed by atoms with van der Waals surface area (Å²) in [5.74, 6) is -0.597. The maximum Gasteiger partial charge on any atom is 0.422 e. The van der Waals surface area contributed by atoms with Crippen LogP contribution in [-0.2, 0) is 4.74 Å². The van der Waals surface area contributed by atoms with Gasteiger partial charge in [-0.1, -0.05) is 0 Å². The first-order valence-corrected chi connectivity index (χ1v) is 5.17. The SMILES string of the molecule is COC(=O)c1n[nH]c2cc(OCC(F)(F)F)ccc12. The molecule has 0 atom stereocenters. The highest BCUT2D eigenvalue weighted by atomic mass is 19.4. The van der Waals surface area contributed by atoms with Crippen LogP contribution in [0.5, 0.6) is 5.75 Å². The molecular weight excluding hydrogens is 265 g/mol. The molecule has 0 saturated heterocycles. The molecule has 0 saturated carbocycles. The topological polar surface area (TPSA) is 64.2 Å². The van der Waals surface area contributed by atoms with Gasteiger partial charge >= 0.3 is 12.1 Å². The zero-order chi connectivity index (χ0) is 14.0. The Morgan fingerprint density at radius 1 is 1.42 bits per heavy atom. The van der Waals surface area contributed by atoms with Crippen molar-refractivity contribution in [2.45, 2.75) is 6.18 Å². The van der Waals surface area contributed by atoms with Gasteiger partial charge in [-0.15, -0.1) is 0 Å². The van der Waals surface area contributed by atoms with E-state index in [4.69, 9.17) is 0 Å². The fourth-order valence-electron chi connectivity index (χ4n) is 1.51. The second-order valence-electron chi connectivity index (χ2n) is 3.68. The summed E-state index contributed by atoms with van der Waals surface area (Å²) in [6.07, 6.45) is -4.40. The molecule has 102 valence electrons. The number of halogens is 3. The molecular formula is C11H9F3N2O3. The minimum absolute atomic E-state index is 0.0323. The van der Waals surface area contributed by atoms with E-state index < -0.39 is 18.8 Å². The van der Waals surface area contributed by atoms with Gasteiger partial charge < -0.3 is 9.47 Å². The lowest BCUT2D eigenvalue weighted by Crippen LogP contribution is -2.19. The minimum Gasteiger partial charge on any atom is -0.484 e. The van der Waals surface area contributed by atoms with Crippen molar-refractivity contribution in [3.8, 4) is 5.75 Å². The number of esters is 1. The van der Waals surface area contributed by atoms with Crippen LogP contribution in [0.2, 0.25) is 0 Å². The van der Waals surface area contributed by atoms with E-state index in [0.29, 0.717) is 10.9 Å². The van der Waals surface area contributed by atoms with Crippen molar-refractivity contribution in [3.05, 3.63) is 23.9 Å². The lowest BCUT2D eigenvalue weighted by Gasteiger charge is -2.08. The summed E-state index contributed by atoms with van der Waals surface area (Å²) in [6.45, 7) is -1.38. The van der Waals surface area contributed by atoms with E-state index >= 15 is 0 Å². The van der Waals surface area contributed by atoms with Crippen molar-refractivity contribution in [1.29, 1.82) is 0 Å². The van der Waals surface area contributed by atoms with Crippen LogP contribution in [0.15, 0.2) is 18.2 Å². The van der Waals surface area contributed by atoms with Crippen molar-refractivity contribution < 1.29 is 27.4 Å². The summed E-state index contributed by atoms with van der Waals surface area (Å²) >= 11 is 0. The van der Waals surface area contributed by atoms with Crippen molar-refractivity contribution in [2.75, 3.05) is 13.7 Å². The molecule has 0 unspecified atom stereocenters. The molecule has 0 spiro atoms. The molecule has 1 aromatic heterocycles. The molecule has 0 fully saturated rings. The van der Waals surface area contributed by atoms with Gasteiger partial charge in [0.2, 0.25) is 0 Å². The number of fused-ring (bicyclic) bond motifs is 1. The number of carbonyl (C=O) groups is 1. The lowest BCUT2D eigenvalue weighted by molar-refractivity contribution is -0.153. The van der Waals surface area contributed by atoms with Gasteiger partial charge in [-0.25, -0.2) is 4.79 Å². The number of benzene rings is 1. The predicted octanol–water partition coefficient (Wildman–Crippen LogP) is 2.29. The first-order valence-electron chi connectivity index (χ1n) is 5.17. The van der Waals surface area contributed by atoms with Crippen molar-refractivity contribution >= 4 is 16.9 Å². The minimum atomic E-state index is -4.40. The second-order valence-corrected chi connectivity index (χ2v) is 3.68. The lowest BCUT2D eigenvalue weighted by atomic mass is 10.2. The van der Waals surface area contributed by atoms with Crippen LogP contribution in [0.3, 0.4) is 0 Å². The number of aromatic amines is 1. The van der Waals surface area contributed by atoms with Crippen molar-refractivity contribution in [1.82, 2.24) is 10.2 Å². The predicted molar refractivity (Wildman–Crippen MR) is 59.0 cm³/mol. The first-order chi connectivity index (χ1) is 8.90. The van der Waals surface area contributed by atoms with Gasteiger partial charge in [0.15, 0.2) is 12.3 Å². The number of methoxy groups -OCH3 is 1. The zero-order valence-corrected chi connectivity index (χ0v) is 9.75. The molecule has 1 N–H and O–H groups in total. The maximum atomic E-state index is 12.0. The average Bonchev–Trinajstić information content (AvgIpc) is 2.77. The third kappa shape index (κ3) is 2.95. The molecule has 1 aromatic carbocycles. The Labute approximate surface area is 105 Å². The summed E-state index contributed by atoms with van der Waals surface area (Å²) in [7, 11) is 1.21. The highest BCUT2D eigenvalue weighted by Gasteiger charge is 2.28. The number of alkyl halides is 3. The van der Waals surface area contributed by atoms with Crippen LogP contribution in [0.1, 0.15) is 10.5 Å². The molecule has 0 amide bonds.